The van der Waals surface area contributed by atoms with Gasteiger partial charge in [-0.2, -0.15) is 0 Å². The van der Waals surface area contributed by atoms with Crippen molar-refractivity contribution in [2.75, 3.05) is 26.2 Å². The molecule has 2 atom stereocenters. The first-order valence-electron chi connectivity index (χ1n) is 10.9. The third-order valence-electron chi connectivity index (χ3n) is 6.02. The number of hydrogen-bond donors (Lipinski definition) is 1. The first-order chi connectivity index (χ1) is 14.1. The highest BCUT2D eigenvalue weighted by molar-refractivity contribution is 7.15. The van der Waals surface area contributed by atoms with Gasteiger partial charge in [0.1, 0.15) is 10.8 Å². The second-order valence-electron chi connectivity index (χ2n) is 8.14. The zero-order valence-electron chi connectivity index (χ0n) is 17.4. The number of aromatic nitrogens is 1. The molecule has 1 aromatic heterocycles. The summed E-state index contributed by atoms with van der Waals surface area (Å²) in [5.74, 6) is 1.13. The fourth-order valence-electron chi connectivity index (χ4n) is 4.34. The second-order valence-corrected chi connectivity index (χ2v) is 9.23. The van der Waals surface area contributed by atoms with Gasteiger partial charge in [-0.25, -0.2) is 4.98 Å². The van der Waals surface area contributed by atoms with Gasteiger partial charge in [0, 0.05) is 41.9 Å². The zero-order chi connectivity index (χ0) is 20.2. The minimum absolute atomic E-state index is 0.0528. The predicted molar refractivity (Wildman–Crippen MR) is 118 cm³/mol. The lowest BCUT2D eigenvalue weighted by molar-refractivity contribution is -0.124. The molecule has 0 radical (unpaired) electrons. The number of carbonyl (C=O) groups is 1. The van der Waals surface area contributed by atoms with E-state index in [4.69, 9.17) is 9.72 Å². The molecule has 4 rings (SSSR count). The van der Waals surface area contributed by atoms with E-state index >= 15 is 0 Å². The van der Waals surface area contributed by atoms with Crippen molar-refractivity contribution in [2.24, 2.45) is 5.92 Å². The van der Waals surface area contributed by atoms with Gasteiger partial charge in [-0.1, -0.05) is 0 Å². The Morgan fingerprint density at radius 3 is 2.83 bits per heavy atom. The maximum Gasteiger partial charge on any atom is 0.223 e. The molecule has 1 aliphatic heterocycles. The number of carbonyl (C=O) groups excluding carboxylic acids is 1. The van der Waals surface area contributed by atoms with E-state index < -0.39 is 0 Å². The summed E-state index contributed by atoms with van der Waals surface area (Å²) in [7, 11) is 0. The molecule has 29 heavy (non-hydrogen) atoms. The average molecular weight is 414 g/mol. The van der Waals surface area contributed by atoms with Gasteiger partial charge in [-0.15, -0.1) is 11.3 Å². The Kier molecular flexibility index (Phi) is 6.50. The largest absolute Gasteiger partial charge is 0.494 e. The van der Waals surface area contributed by atoms with Gasteiger partial charge < -0.3 is 15.0 Å². The summed E-state index contributed by atoms with van der Waals surface area (Å²) >= 11 is 1.72. The van der Waals surface area contributed by atoms with E-state index in [1.807, 2.05) is 19.1 Å². The molecule has 0 saturated carbocycles. The van der Waals surface area contributed by atoms with E-state index in [0.717, 1.165) is 60.5 Å². The number of amides is 1. The van der Waals surface area contributed by atoms with E-state index in [2.05, 4.69) is 29.3 Å². The van der Waals surface area contributed by atoms with Crippen molar-refractivity contribution >= 4 is 17.2 Å². The lowest BCUT2D eigenvalue weighted by atomic mass is 10.1. The van der Waals surface area contributed by atoms with Crippen molar-refractivity contribution < 1.29 is 9.53 Å². The molecule has 1 aromatic carbocycles. The quantitative estimate of drug-likeness (QED) is 0.667. The van der Waals surface area contributed by atoms with Crippen LogP contribution in [0.15, 0.2) is 24.3 Å². The van der Waals surface area contributed by atoms with E-state index in [1.54, 1.807) is 11.3 Å². The molecule has 1 amide bonds. The van der Waals surface area contributed by atoms with Gasteiger partial charge in [0.25, 0.3) is 0 Å². The summed E-state index contributed by atoms with van der Waals surface area (Å²) in [5, 5.41) is 3.97. The Bertz CT molecular complexity index is 810. The van der Waals surface area contributed by atoms with Crippen LogP contribution in [-0.4, -0.2) is 48.1 Å². The second kappa shape index (κ2) is 9.26. The Labute approximate surface area is 177 Å². The van der Waals surface area contributed by atoms with Crippen LogP contribution in [0, 0.1) is 5.92 Å². The van der Waals surface area contributed by atoms with Crippen LogP contribution in [0.1, 0.15) is 43.7 Å². The van der Waals surface area contributed by atoms with E-state index in [0.29, 0.717) is 6.54 Å². The first-order valence-corrected chi connectivity index (χ1v) is 11.7. The highest BCUT2D eigenvalue weighted by atomic mass is 32.1. The van der Waals surface area contributed by atoms with Crippen molar-refractivity contribution in [3.8, 4) is 16.3 Å². The van der Waals surface area contributed by atoms with Gasteiger partial charge >= 0.3 is 0 Å². The lowest BCUT2D eigenvalue weighted by Gasteiger charge is -2.20. The Balaban J connectivity index is 1.27. The maximum absolute atomic E-state index is 12.1. The molecule has 1 unspecified atom stereocenters. The van der Waals surface area contributed by atoms with Crippen LogP contribution in [0.25, 0.3) is 10.6 Å². The summed E-state index contributed by atoms with van der Waals surface area (Å²) in [5.41, 5.74) is 2.22. The smallest absolute Gasteiger partial charge is 0.223 e. The van der Waals surface area contributed by atoms with Gasteiger partial charge in [-0.3, -0.25) is 4.79 Å². The van der Waals surface area contributed by atoms with E-state index in [9.17, 15) is 4.79 Å². The van der Waals surface area contributed by atoms with Crippen molar-refractivity contribution in [1.82, 2.24) is 15.2 Å². The first kappa shape index (κ1) is 20.4. The number of thiazole rings is 1. The average Bonchev–Trinajstić information content (AvgIpc) is 3.41. The fraction of sp³-hybridized carbons (Fsp3) is 0.565. The van der Waals surface area contributed by atoms with Crippen molar-refractivity contribution in [1.29, 1.82) is 0 Å². The van der Waals surface area contributed by atoms with E-state index in [1.165, 1.54) is 24.3 Å². The number of nitrogens with zero attached hydrogens (tertiary/aromatic N) is 2. The van der Waals surface area contributed by atoms with Gasteiger partial charge in [0.15, 0.2) is 0 Å². The summed E-state index contributed by atoms with van der Waals surface area (Å²) in [6.45, 7) is 8.09. The normalized spacial score (nSPS) is 21.3. The number of rotatable bonds is 8. The predicted octanol–water partition coefficient (Wildman–Crippen LogP) is 3.91. The van der Waals surface area contributed by atoms with Crippen molar-refractivity contribution in [3.05, 3.63) is 34.8 Å². The molecule has 1 aliphatic carbocycles. The van der Waals surface area contributed by atoms with Crippen LogP contribution in [0.5, 0.6) is 5.75 Å². The molecule has 1 N–H and O–H groups in total. The highest BCUT2D eigenvalue weighted by Crippen LogP contribution is 2.36. The standard InChI is InChI=1S/C23H31N3O2S/c1-3-24-22(27)18-14-20-21(15-18)29-23(25-20)17-7-9-19(10-8-17)28-13-5-12-26-11-4-6-16(26)2/h7-10,16,18H,3-6,11-15H2,1-2H3,(H,24,27)/t16-,18?/m1/s1. The molecule has 5 nitrogen and oxygen atoms in total. The van der Waals surface area contributed by atoms with Crippen LogP contribution in [0.2, 0.25) is 0 Å². The fourth-order valence-corrected chi connectivity index (χ4v) is 5.51. The third-order valence-corrected chi connectivity index (χ3v) is 7.19. The number of fused-ring (bicyclic) bond motifs is 1. The SMILES string of the molecule is CCNC(=O)C1Cc2nc(-c3ccc(OCCCN4CCC[C@H]4C)cc3)sc2C1. The van der Waals surface area contributed by atoms with Crippen LogP contribution >= 0.6 is 11.3 Å². The van der Waals surface area contributed by atoms with Gasteiger partial charge in [0.2, 0.25) is 5.91 Å². The summed E-state index contributed by atoms with van der Waals surface area (Å²) in [6.07, 6.45) is 5.30. The van der Waals surface area contributed by atoms with Crippen LogP contribution < -0.4 is 10.1 Å². The monoisotopic (exact) mass is 413 g/mol. The minimum atomic E-state index is 0.0528. The Morgan fingerprint density at radius 2 is 2.14 bits per heavy atom. The molecule has 0 spiro atoms. The molecule has 6 heteroatoms. The Morgan fingerprint density at radius 1 is 1.31 bits per heavy atom. The Hall–Kier alpha value is -1.92. The molecule has 0 bridgehead atoms. The van der Waals surface area contributed by atoms with Crippen LogP contribution in [0.3, 0.4) is 0 Å². The van der Waals surface area contributed by atoms with Crippen molar-refractivity contribution in [2.45, 2.75) is 52.0 Å². The highest BCUT2D eigenvalue weighted by Gasteiger charge is 2.30. The minimum Gasteiger partial charge on any atom is -0.494 e. The number of benzene rings is 1. The lowest BCUT2D eigenvalue weighted by Crippen LogP contribution is -2.30. The van der Waals surface area contributed by atoms with Gasteiger partial charge in [-0.05, 0) is 70.3 Å². The summed E-state index contributed by atoms with van der Waals surface area (Å²) < 4.78 is 5.93. The van der Waals surface area contributed by atoms with E-state index in [-0.39, 0.29) is 11.8 Å². The maximum atomic E-state index is 12.1. The molecule has 2 aromatic rings. The van der Waals surface area contributed by atoms with Crippen LogP contribution in [-0.2, 0) is 17.6 Å². The number of likely N-dealkylation sites (tertiary alicyclic amines) is 1. The number of ether oxygens (including phenoxy) is 1. The van der Waals surface area contributed by atoms with Crippen LogP contribution in [0.4, 0.5) is 0 Å². The molecule has 2 aliphatic rings. The molecule has 1 saturated heterocycles. The molecule has 1 fully saturated rings. The summed E-state index contributed by atoms with van der Waals surface area (Å²) in [4.78, 5) is 20.7. The molecular weight excluding hydrogens is 382 g/mol. The zero-order valence-corrected chi connectivity index (χ0v) is 18.3. The molecule has 156 valence electrons. The van der Waals surface area contributed by atoms with Crippen molar-refractivity contribution in [3.63, 3.8) is 0 Å². The van der Waals surface area contributed by atoms with Gasteiger partial charge in [0.05, 0.1) is 12.3 Å². The number of hydrogen-bond acceptors (Lipinski definition) is 5. The molecule has 2 heterocycles. The summed E-state index contributed by atoms with van der Waals surface area (Å²) in [6, 6.07) is 8.99. The third kappa shape index (κ3) is 4.81. The number of nitrogens with one attached hydrogen (secondary N) is 1. The topological polar surface area (TPSA) is 54.5 Å². The molecular formula is C23H31N3O2S.